The lowest BCUT2D eigenvalue weighted by Gasteiger charge is -2.40. The van der Waals surface area contributed by atoms with E-state index in [4.69, 9.17) is 0 Å². The highest BCUT2D eigenvalue weighted by molar-refractivity contribution is 7.12. The van der Waals surface area contributed by atoms with Crippen LogP contribution in [0.3, 0.4) is 0 Å². The second-order valence-corrected chi connectivity index (χ2v) is 6.65. The van der Waals surface area contributed by atoms with Crippen molar-refractivity contribution < 1.29 is 0 Å². The summed E-state index contributed by atoms with van der Waals surface area (Å²) in [5.74, 6) is 0. The summed E-state index contributed by atoms with van der Waals surface area (Å²) in [6.45, 7) is 9.09. The molecule has 17 heavy (non-hydrogen) atoms. The second-order valence-electron chi connectivity index (χ2n) is 5.34. The first-order valence-corrected chi connectivity index (χ1v) is 7.50. The molecule has 0 bridgehead atoms. The van der Waals surface area contributed by atoms with E-state index in [0.29, 0.717) is 18.1 Å². The molecule has 3 unspecified atom stereocenters. The van der Waals surface area contributed by atoms with E-state index in [9.17, 15) is 0 Å². The average Bonchev–Trinajstić information content (AvgIpc) is 2.70. The molecule has 0 spiro atoms. The van der Waals surface area contributed by atoms with E-state index >= 15 is 0 Å². The fraction of sp³-hybridized carbons (Fsp3) is 0.714. The molecule has 1 fully saturated rings. The van der Waals surface area contributed by atoms with Gasteiger partial charge in [0.2, 0.25) is 0 Å². The molecule has 1 N–H and O–H groups in total. The van der Waals surface area contributed by atoms with Crippen LogP contribution in [0.15, 0.2) is 12.1 Å². The fourth-order valence-electron chi connectivity index (χ4n) is 2.65. The maximum atomic E-state index is 3.69. The SMILES string of the molecule is Cc1ccc(C(C)NN2C(C)CCCC2C)s1. The molecule has 1 aliphatic heterocycles. The molecule has 1 aliphatic rings. The van der Waals surface area contributed by atoms with E-state index in [1.165, 1.54) is 29.0 Å². The third-order valence-corrected chi connectivity index (χ3v) is 4.91. The first-order chi connectivity index (χ1) is 8.08. The van der Waals surface area contributed by atoms with E-state index in [0.717, 1.165) is 0 Å². The van der Waals surface area contributed by atoms with E-state index in [1.54, 1.807) is 0 Å². The molecule has 2 heterocycles. The van der Waals surface area contributed by atoms with E-state index in [-0.39, 0.29) is 0 Å². The van der Waals surface area contributed by atoms with Gasteiger partial charge in [0.1, 0.15) is 0 Å². The van der Waals surface area contributed by atoms with Crippen LogP contribution in [0.2, 0.25) is 0 Å². The predicted octanol–water partition coefficient (Wildman–Crippen LogP) is 3.89. The summed E-state index contributed by atoms with van der Waals surface area (Å²) >= 11 is 1.90. The monoisotopic (exact) mass is 252 g/mol. The van der Waals surface area contributed by atoms with Gasteiger partial charge in [0.05, 0.1) is 6.04 Å². The fourth-order valence-corrected chi connectivity index (χ4v) is 3.52. The van der Waals surface area contributed by atoms with Crippen molar-refractivity contribution in [2.75, 3.05) is 0 Å². The van der Waals surface area contributed by atoms with Crippen molar-refractivity contribution in [2.24, 2.45) is 0 Å². The lowest BCUT2D eigenvalue weighted by Crippen LogP contribution is -2.52. The van der Waals surface area contributed by atoms with Crippen LogP contribution in [-0.4, -0.2) is 17.1 Å². The van der Waals surface area contributed by atoms with Gasteiger partial charge >= 0.3 is 0 Å². The topological polar surface area (TPSA) is 15.3 Å². The number of nitrogens with one attached hydrogen (secondary N) is 1. The Bertz CT molecular complexity index is 351. The summed E-state index contributed by atoms with van der Waals surface area (Å²) in [6.07, 6.45) is 3.99. The largest absolute Gasteiger partial charge is 0.247 e. The number of hydrogen-bond donors (Lipinski definition) is 1. The van der Waals surface area contributed by atoms with Crippen LogP contribution in [0.1, 0.15) is 55.8 Å². The molecule has 0 aliphatic carbocycles. The standard InChI is InChI=1S/C14H24N2S/c1-10-6-5-7-11(2)16(10)15-13(4)14-9-8-12(3)17-14/h8-11,13,15H,5-7H2,1-4H3. The van der Waals surface area contributed by atoms with Crippen molar-refractivity contribution >= 4 is 11.3 Å². The summed E-state index contributed by atoms with van der Waals surface area (Å²) in [6, 6.07) is 6.19. The Hall–Kier alpha value is -0.380. The molecule has 3 heteroatoms. The van der Waals surface area contributed by atoms with Crippen molar-refractivity contribution in [2.45, 2.75) is 65.1 Å². The van der Waals surface area contributed by atoms with Crippen molar-refractivity contribution in [3.05, 3.63) is 21.9 Å². The maximum absolute atomic E-state index is 3.69. The molecule has 0 radical (unpaired) electrons. The van der Waals surface area contributed by atoms with Gasteiger partial charge in [-0.3, -0.25) is 0 Å². The van der Waals surface area contributed by atoms with Gasteiger partial charge in [-0.2, -0.15) is 0 Å². The Morgan fingerprint density at radius 2 is 1.94 bits per heavy atom. The van der Waals surface area contributed by atoms with Gasteiger partial charge in [-0.1, -0.05) is 6.42 Å². The minimum absolute atomic E-state index is 0.427. The van der Waals surface area contributed by atoms with Gasteiger partial charge < -0.3 is 0 Å². The lowest BCUT2D eigenvalue weighted by atomic mass is 10.00. The van der Waals surface area contributed by atoms with Crippen molar-refractivity contribution in [1.29, 1.82) is 0 Å². The highest BCUT2D eigenvalue weighted by Gasteiger charge is 2.26. The summed E-state index contributed by atoms with van der Waals surface area (Å²) in [7, 11) is 0. The molecular weight excluding hydrogens is 228 g/mol. The first kappa shape index (κ1) is 13.1. The number of hydrazine groups is 1. The van der Waals surface area contributed by atoms with Crippen molar-refractivity contribution in [1.82, 2.24) is 10.4 Å². The minimum Gasteiger partial charge on any atom is -0.247 e. The Morgan fingerprint density at radius 1 is 1.29 bits per heavy atom. The average molecular weight is 252 g/mol. The summed E-state index contributed by atoms with van der Waals surface area (Å²) in [4.78, 5) is 2.83. The van der Waals surface area contributed by atoms with Gasteiger partial charge in [-0.05, 0) is 52.7 Å². The van der Waals surface area contributed by atoms with Crippen molar-refractivity contribution in [3.63, 3.8) is 0 Å². The zero-order valence-electron chi connectivity index (χ0n) is 11.4. The smallest absolute Gasteiger partial charge is 0.0530 e. The third-order valence-electron chi connectivity index (χ3n) is 3.72. The number of piperidine rings is 1. The molecule has 1 aromatic heterocycles. The highest BCUT2D eigenvalue weighted by Crippen LogP contribution is 2.26. The zero-order chi connectivity index (χ0) is 12.4. The van der Waals surface area contributed by atoms with Gasteiger partial charge in [-0.15, -0.1) is 11.3 Å². The molecule has 1 saturated heterocycles. The van der Waals surface area contributed by atoms with Gasteiger partial charge in [-0.25, -0.2) is 10.4 Å². The van der Waals surface area contributed by atoms with Gasteiger partial charge in [0.15, 0.2) is 0 Å². The van der Waals surface area contributed by atoms with Crippen LogP contribution >= 0.6 is 11.3 Å². The Labute approximate surface area is 109 Å². The van der Waals surface area contributed by atoms with Crippen molar-refractivity contribution in [3.8, 4) is 0 Å². The maximum Gasteiger partial charge on any atom is 0.0530 e. The molecule has 0 amide bonds. The molecule has 1 aromatic rings. The molecule has 96 valence electrons. The number of nitrogens with zero attached hydrogens (tertiary/aromatic N) is 1. The van der Waals surface area contributed by atoms with E-state index in [2.05, 4.69) is 50.3 Å². The third kappa shape index (κ3) is 3.09. The number of rotatable bonds is 3. The van der Waals surface area contributed by atoms with Crippen LogP contribution in [-0.2, 0) is 0 Å². The number of hydrogen-bond acceptors (Lipinski definition) is 3. The summed E-state index contributed by atoms with van der Waals surface area (Å²) in [5, 5.41) is 2.46. The zero-order valence-corrected chi connectivity index (χ0v) is 12.2. The Kier molecular flexibility index (Phi) is 4.23. The van der Waals surface area contributed by atoms with E-state index < -0.39 is 0 Å². The molecule has 2 nitrogen and oxygen atoms in total. The molecule has 0 aromatic carbocycles. The van der Waals surface area contributed by atoms with Gasteiger partial charge in [0, 0.05) is 21.8 Å². The van der Waals surface area contributed by atoms with Crippen LogP contribution in [0, 0.1) is 6.92 Å². The van der Waals surface area contributed by atoms with Crippen LogP contribution in [0.25, 0.3) is 0 Å². The Morgan fingerprint density at radius 3 is 2.47 bits per heavy atom. The van der Waals surface area contributed by atoms with Crippen LogP contribution in [0.5, 0.6) is 0 Å². The molecule has 0 saturated carbocycles. The number of aryl methyl sites for hydroxylation is 1. The van der Waals surface area contributed by atoms with Crippen LogP contribution in [0.4, 0.5) is 0 Å². The first-order valence-electron chi connectivity index (χ1n) is 6.68. The predicted molar refractivity (Wildman–Crippen MR) is 75.2 cm³/mol. The van der Waals surface area contributed by atoms with Gasteiger partial charge in [0.25, 0.3) is 0 Å². The summed E-state index contributed by atoms with van der Waals surface area (Å²) < 4.78 is 0. The second kappa shape index (κ2) is 5.51. The quantitative estimate of drug-likeness (QED) is 0.878. The summed E-state index contributed by atoms with van der Waals surface area (Å²) in [5.41, 5.74) is 3.69. The Balaban J connectivity index is 1.99. The molecule has 3 atom stereocenters. The number of thiophene rings is 1. The lowest BCUT2D eigenvalue weighted by molar-refractivity contribution is 0.0325. The van der Waals surface area contributed by atoms with Crippen LogP contribution < -0.4 is 5.43 Å². The molecule has 2 rings (SSSR count). The molecular formula is C14H24N2S. The highest BCUT2D eigenvalue weighted by atomic mass is 32.1. The minimum atomic E-state index is 0.427. The van der Waals surface area contributed by atoms with E-state index in [1.807, 2.05) is 11.3 Å². The normalized spacial score (nSPS) is 28.2.